The summed E-state index contributed by atoms with van der Waals surface area (Å²) in [5.41, 5.74) is 0.899. The molecule has 1 aliphatic carbocycles. The second kappa shape index (κ2) is 9.65. The lowest BCUT2D eigenvalue weighted by atomic mass is 9.80. The van der Waals surface area contributed by atoms with Crippen molar-refractivity contribution in [3.8, 4) is 11.6 Å². The summed E-state index contributed by atoms with van der Waals surface area (Å²) < 4.78 is 5.80. The molecule has 6 heteroatoms. The van der Waals surface area contributed by atoms with Crippen molar-refractivity contribution < 1.29 is 19.4 Å². The number of hydrogen-bond donors (Lipinski definition) is 2. The topological polar surface area (TPSA) is 88.5 Å². The molecule has 6 nitrogen and oxygen atoms in total. The number of benzene rings is 1. The summed E-state index contributed by atoms with van der Waals surface area (Å²) in [5, 5.41) is 12.7. The molecule has 29 heavy (non-hydrogen) atoms. The number of Topliss-reactive ketones (excluding diaryl/α,β-unsaturated/α-hetero) is 1. The molecule has 2 N–H and O–H groups in total. The third kappa shape index (κ3) is 5.64. The number of hydrogen-bond acceptors (Lipinski definition) is 5. The van der Waals surface area contributed by atoms with Gasteiger partial charge >= 0.3 is 0 Å². The summed E-state index contributed by atoms with van der Waals surface area (Å²) in [4.78, 5) is 28.5. The highest BCUT2D eigenvalue weighted by Crippen LogP contribution is 2.30. The van der Waals surface area contributed by atoms with Crippen molar-refractivity contribution in [1.29, 1.82) is 0 Å². The van der Waals surface area contributed by atoms with Gasteiger partial charge < -0.3 is 15.2 Å². The first-order chi connectivity index (χ1) is 13.9. The monoisotopic (exact) mass is 396 g/mol. The van der Waals surface area contributed by atoms with Crippen LogP contribution in [-0.4, -0.2) is 34.4 Å². The van der Waals surface area contributed by atoms with Crippen LogP contribution in [0.4, 0.5) is 0 Å². The number of nitrogens with zero attached hydrogens (tertiary/aromatic N) is 1. The van der Waals surface area contributed by atoms with Crippen molar-refractivity contribution in [2.75, 3.05) is 6.54 Å². The van der Waals surface area contributed by atoms with Crippen LogP contribution in [0.5, 0.6) is 11.6 Å². The van der Waals surface area contributed by atoms with E-state index >= 15 is 0 Å². The lowest BCUT2D eigenvalue weighted by molar-refractivity contribution is 0.0839. The smallest absolute Gasteiger partial charge is 0.256 e. The Morgan fingerprint density at radius 1 is 1.21 bits per heavy atom. The van der Waals surface area contributed by atoms with Gasteiger partial charge in [-0.25, -0.2) is 4.98 Å². The minimum atomic E-state index is -0.262. The Labute approximate surface area is 171 Å². The average Bonchev–Trinajstić information content (AvgIpc) is 2.73. The second-order valence-corrected chi connectivity index (χ2v) is 7.77. The van der Waals surface area contributed by atoms with Crippen LogP contribution < -0.4 is 10.1 Å². The number of aliphatic hydroxyl groups excluding tert-OH is 1. The van der Waals surface area contributed by atoms with Gasteiger partial charge in [0.05, 0.1) is 6.10 Å². The van der Waals surface area contributed by atoms with E-state index in [0.29, 0.717) is 35.3 Å². The van der Waals surface area contributed by atoms with Crippen molar-refractivity contribution >= 4 is 11.7 Å². The van der Waals surface area contributed by atoms with Crippen molar-refractivity contribution in [3.05, 3.63) is 53.7 Å². The molecule has 3 rings (SSSR count). The summed E-state index contributed by atoms with van der Waals surface area (Å²) in [6.07, 6.45) is 5.30. The van der Waals surface area contributed by atoms with Crippen LogP contribution in [0.3, 0.4) is 0 Å². The maximum Gasteiger partial charge on any atom is 0.256 e. The third-order valence-corrected chi connectivity index (χ3v) is 5.60. The maximum absolute atomic E-state index is 12.7. The van der Waals surface area contributed by atoms with E-state index in [1.807, 2.05) is 6.92 Å². The van der Waals surface area contributed by atoms with E-state index in [1.165, 1.54) is 6.92 Å². The van der Waals surface area contributed by atoms with E-state index in [9.17, 15) is 14.7 Å². The zero-order chi connectivity index (χ0) is 20.8. The number of carbonyl (C=O) groups is 2. The number of amides is 1. The van der Waals surface area contributed by atoms with Crippen molar-refractivity contribution in [2.24, 2.45) is 11.8 Å². The van der Waals surface area contributed by atoms with E-state index < -0.39 is 0 Å². The van der Waals surface area contributed by atoms with Crippen molar-refractivity contribution in [2.45, 2.75) is 45.6 Å². The molecule has 1 atom stereocenters. The van der Waals surface area contributed by atoms with Gasteiger partial charge in [0, 0.05) is 18.3 Å². The highest BCUT2D eigenvalue weighted by Gasteiger charge is 2.25. The van der Waals surface area contributed by atoms with Gasteiger partial charge in [0.15, 0.2) is 5.78 Å². The number of ether oxygens (including phenoxy) is 1. The first-order valence-electron chi connectivity index (χ1n) is 10.1. The lowest BCUT2D eigenvalue weighted by Crippen LogP contribution is -2.33. The summed E-state index contributed by atoms with van der Waals surface area (Å²) in [6, 6.07) is 10.2. The number of carbonyl (C=O) groups excluding carboxylic acids is 2. The molecule has 154 valence electrons. The van der Waals surface area contributed by atoms with Crippen LogP contribution in [0.1, 0.15) is 60.2 Å². The number of aliphatic hydroxyl groups is 1. The minimum Gasteiger partial charge on any atom is -0.438 e. The Hall–Kier alpha value is -2.73. The Balaban J connectivity index is 1.62. The third-order valence-electron chi connectivity index (χ3n) is 5.60. The molecule has 1 aromatic carbocycles. The summed E-state index contributed by atoms with van der Waals surface area (Å²) in [7, 11) is 0. The van der Waals surface area contributed by atoms with E-state index in [4.69, 9.17) is 4.74 Å². The van der Waals surface area contributed by atoms with Gasteiger partial charge in [-0.3, -0.25) is 9.59 Å². The summed E-state index contributed by atoms with van der Waals surface area (Å²) in [5.74, 6) is 1.17. The number of nitrogens with one attached hydrogen (secondary N) is 1. The molecule has 1 amide bonds. The van der Waals surface area contributed by atoms with Crippen molar-refractivity contribution in [1.82, 2.24) is 10.3 Å². The van der Waals surface area contributed by atoms with Gasteiger partial charge in [-0.05, 0) is 75.6 Å². The number of rotatable bonds is 7. The van der Waals surface area contributed by atoms with Crippen LogP contribution in [0.15, 0.2) is 42.6 Å². The first-order valence-corrected chi connectivity index (χ1v) is 10.1. The van der Waals surface area contributed by atoms with Gasteiger partial charge in [-0.1, -0.05) is 12.1 Å². The number of pyridine rings is 1. The standard InChI is InChI=1S/C23H28N2O4/c1-15(26)18-10-8-17(9-11-18)14-25-22(28)21-7-4-12-24-23(21)29-20-6-3-5-19(13-20)16(2)27/h3-7,12-13,15,17-18,26H,8-11,14H2,1-2H3,(H,25,28)/t15-,17-,18-/m1/s1. The lowest BCUT2D eigenvalue weighted by Gasteiger charge is -2.30. The zero-order valence-electron chi connectivity index (χ0n) is 16.9. The van der Waals surface area contributed by atoms with Crippen LogP contribution in [0.25, 0.3) is 0 Å². The molecule has 0 saturated heterocycles. The quantitative estimate of drug-likeness (QED) is 0.691. The maximum atomic E-state index is 12.7. The highest BCUT2D eigenvalue weighted by molar-refractivity contribution is 5.96. The summed E-state index contributed by atoms with van der Waals surface area (Å²) >= 11 is 0. The molecule has 0 spiro atoms. The minimum absolute atomic E-state index is 0.0558. The van der Waals surface area contributed by atoms with E-state index in [2.05, 4.69) is 10.3 Å². The Morgan fingerprint density at radius 3 is 2.66 bits per heavy atom. The Bertz CT molecular complexity index is 857. The molecular formula is C23H28N2O4. The van der Waals surface area contributed by atoms with Gasteiger partial charge in [0.1, 0.15) is 11.3 Å². The van der Waals surface area contributed by atoms with Crippen LogP contribution in [0, 0.1) is 11.8 Å². The molecule has 1 heterocycles. The van der Waals surface area contributed by atoms with Crippen molar-refractivity contribution in [3.63, 3.8) is 0 Å². The predicted molar refractivity (Wildman–Crippen MR) is 110 cm³/mol. The Morgan fingerprint density at radius 2 is 1.97 bits per heavy atom. The summed E-state index contributed by atoms with van der Waals surface area (Å²) in [6.45, 7) is 3.94. The fourth-order valence-corrected chi connectivity index (χ4v) is 3.74. The largest absolute Gasteiger partial charge is 0.438 e. The molecule has 1 fully saturated rings. The molecular weight excluding hydrogens is 368 g/mol. The highest BCUT2D eigenvalue weighted by atomic mass is 16.5. The molecule has 0 aliphatic heterocycles. The van der Waals surface area contributed by atoms with Crippen LogP contribution in [-0.2, 0) is 0 Å². The second-order valence-electron chi connectivity index (χ2n) is 7.77. The molecule has 0 bridgehead atoms. The fourth-order valence-electron chi connectivity index (χ4n) is 3.74. The van der Waals surface area contributed by atoms with Gasteiger partial charge in [-0.15, -0.1) is 0 Å². The first kappa shape index (κ1) is 21.0. The van der Waals surface area contributed by atoms with E-state index in [-0.39, 0.29) is 23.7 Å². The SMILES string of the molecule is CC(=O)c1cccc(Oc2ncccc2C(=O)NC[C@H]2CC[C@H]([C@@H](C)O)CC2)c1. The normalized spacial score (nSPS) is 20.0. The molecule has 0 radical (unpaired) electrons. The average molecular weight is 396 g/mol. The molecule has 1 aromatic heterocycles. The van der Waals surface area contributed by atoms with E-state index in [1.54, 1.807) is 42.6 Å². The molecule has 0 unspecified atom stereocenters. The van der Waals surface area contributed by atoms with Gasteiger partial charge in [0.2, 0.25) is 5.88 Å². The fraction of sp³-hybridized carbons (Fsp3) is 0.435. The van der Waals surface area contributed by atoms with Crippen LogP contribution in [0.2, 0.25) is 0 Å². The van der Waals surface area contributed by atoms with Crippen LogP contribution >= 0.6 is 0 Å². The zero-order valence-corrected chi connectivity index (χ0v) is 16.9. The number of ketones is 1. The predicted octanol–water partition coefficient (Wildman–Crippen LogP) is 3.99. The van der Waals surface area contributed by atoms with Gasteiger partial charge in [-0.2, -0.15) is 0 Å². The van der Waals surface area contributed by atoms with E-state index in [0.717, 1.165) is 25.7 Å². The molecule has 1 saturated carbocycles. The van der Waals surface area contributed by atoms with Gasteiger partial charge in [0.25, 0.3) is 5.91 Å². The Kier molecular flexibility index (Phi) is 6.99. The number of aromatic nitrogens is 1. The molecule has 2 aromatic rings. The molecule has 1 aliphatic rings.